The molecule has 0 fully saturated rings. The molecule has 0 radical (unpaired) electrons. The summed E-state index contributed by atoms with van der Waals surface area (Å²) in [5.74, 6) is -0.554. The monoisotopic (exact) mass is 332 g/mol. The molecule has 1 aromatic carbocycles. The van der Waals surface area contributed by atoms with E-state index in [0.29, 0.717) is 0 Å². The maximum absolute atomic E-state index is 12.2. The van der Waals surface area contributed by atoms with Crippen LogP contribution in [0.4, 0.5) is 0 Å². The lowest BCUT2D eigenvalue weighted by molar-refractivity contribution is -0.120. The lowest BCUT2D eigenvalue weighted by atomic mass is 9.81. The number of carbonyl (C=O) groups is 1. The first-order chi connectivity index (χ1) is 10.7. The second kappa shape index (κ2) is 6.50. The van der Waals surface area contributed by atoms with Gasteiger partial charge in [0.1, 0.15) is 0 Å². The van der Waals surface area contributed by atoms with Crippen molar-refractivity contribution in [1.29, 1.82) is 0 Å². The third-order valence-electron chi connectivity index (χ3n) is 3.57. The fourth-order valence-electron chi connectivity index (χ4n) is 2.29. The second-order valence-electron chi connectivity index (χ2n) is 6.13. The summed E-state index contributed by atoms with van der Waals surface area (Å²) in [5.41, 5.74) is 1.26. The Kier molecular flexibility index (Phi) is 4.85. The number of aromatic nitrogens is 1. The normalized spacial score (nSPS) is 12.0. The Morgan fingerprint density at radius 1 is 1.17 bits per heavy atom. The van der Waals surface area contributed by atoms with E-state index in [-0.39, 0.29) is 11.4 Å². The standard InChI is InChI=1S/C17H20N2O3S/c1-13-9-10-18-16(11-13)23(21,22)19-15(20)12-17(2,3)14-7-5-4-6-8-14/h4-11H,12H2,1-3H3,(H,19,20). The van der Waals surface area contributed by atoms with Crippen LogP contribution in [0.2, 0.25) is 0 Å². The van der Waals surface area contributed by atoms with Crippen molar-refractivity contribution in [3.63, 3.8) is 0 Å². The Labute approximate surface area is 136 Å². The van der Waals surface area contributed by atoms with Crippen LogP contribution in [0.1, 0.15) is 31.4 Å². The number of aryl methyl sites for hydroxylation is 1. The number of hydrogen-bond acceptors (Lipinski definition) is 4. The topological polar surface area (TPSA) is 76.1 Å². The summed E-state index contributed by atoms with van der Waals surface area (Å²) >= 11 is 0. The molecule has 2 rings (SSSR count). The minimum absolute atomic E-state index is 0.0576. The van der Waals surface area contributed by atoms with E-state index in [4.69, 9.17) is 0 Å². The molecule has 1 N–H and O–H groups in total. The summed E-state index contributed by atoms with van der Waals surface area (Å²) in [7, 11) is -3.95. The van der Waals surface area contributed by atoms with E-state index in [1.54, 1.807) is 13.0 Å². The van der Waals surface area contributed by atoms with Crippen molar-refractivity contribution in [2.45, 2.75) is 37.6 Å². The number of carbonyl (C=O) groups excluding carboxylic acids is 1. The van der Waals surface area contributed by atoms with E-state index in [1.807, 2.05) is 44.2 Å². The van der Waals surface area contributed by atoms with Crippen LogP contribution >= 0.6 is 0 Å². The highest BCUT2D eigenvalue weighted by atomic mass is 32.2. The van der Waals surface area contributed by atoms with Crippen molar-refractivity contribution >= 4 is 15.9 Å². The molecule has 0 saturated carbocycles. The maximum atomic E-state index is 12.2. The Bertz CT molecular complexity index is 800. The van der Waals surface area contributed by atoms with Crippen LogP contribution in [0.5, 0.6) is 0 Å². The van der Waals surface area contributed by atoms with Gasteiger partial charge in [-0.25, -0.2) is 9.71 Å². The Hall–Kier alpha value is -2.21. The first-order valence-corrected chi connectivity index (χ1v) is 8.73. The first kappa shape index (κ1) is 17.1. The van der Waals surface area contributed by atoms with Gasteiger partial charge < -0.3 is 0 Å². The number of rotatable bonds is 5. The second-order valence-corrected chi connectivity index (χ2v) is 7.76. The van der Waals surface area contributed by atoms with Crippen LogP contribution in [0.3, 0.4) is 0 Å². The van der Waals surface area contributed by atoms with Gasteiger partial charge in [-0.3, -0.25) is 4.79 Å². The number of pyridine rings is 1. The van der Waals surface area contributed by atoms with Crippen LogP contribution in [0.15, 0.2) is 53.7 Å². The molecule has 23 heavy (non-hydrogen) atoms. The number of benzene rings is 1. The molecule has 122 valence electrons. The zero-order valence-corrected chi connectivity index (χ0v) is 14.2. The van der Waals surface area contributed by atoms with E-state index < -0.39 is 21.3 Å². The quantitative estimate of drug-likeness (QED) is 0.913. The Morgan fingerprint density at radius 2 is 1.83 bits per heavy atom. The highest BCUT2D eigenvalue weighted by molar-refractivity contribution is 7.90. The zero-order valence-electron chi connectivity index (χ0n) is 13.4. The molecule has 1 heterocycles. The SMILES string of the molecule is Cc1ccnc(S(=O)(=O)NC(=O)CC(C)(C)c2ccccc2)c1. The molecule has 0 aliphatic rings. The van der Waals surface area contributed by atoms with Gasteiger partial charge >= 0.3 is 0 Å². The van der Waals surface area contributed by atoms with Crippen molar-refractivity contribution in [3.05, 3.63) is 59.8 Å². The lowest BCUT2D eigenvalue weighted by Gasteiger charge is -2.24. The zero-order chi connectivity index (χ0) is 17.1. The molecule has 0 atom stereocenters. The molecule has 0 aliphatic heterocycles. The van der Waals surface area contributed by atoms with Crippen LogP contribution < -0.4 is 4.72 Å². The maximum Gasteiger partial charge on any atom is 0.281 e. The Balaban J connectivity index is 2.13. The summed E-state index contributed by atoms with van der Waals surface area (Å²) in [6, 6.07) is 12.6. The molecule has 0 bridgehead atoms. The highest BCUT2D eigenvalue weighted by Crippen LogP contribution is 2.26. The summed E-state index contributed by atoms with van der Waals surface area (Å²) < 4.78 is 26.5. The highest BCUT2D eigenvalue weighted by Gasteiger charge is 2.27. The summed E-state index contributed by atoms with van der Waals surface area (Å²) in [4.78, 5) is 16.0. The fourth-order valence-corrected chi connectivity index (χ4v) is 3.30. The molecule has 6 heteroatoms. The number of nitrogens with one attached hydrogen (secondary N) is 1. The molecular weight excluding hydrogens is 312 g/mol. The van der Waals surface area contributed by atoms with Gasteiger partial charge in [0, 0.05) is 12.6 Å². The Morgan fingerprint density at radius 3 is 2.43 bits per heavy atom. The third kappa shape index (κ3) is 4.39. The molecule has 1 amide bonds. The van der Waals surface area contributed by atoms with Gasteiger partial charge in [0.25, 0.3) is 10.0 Å². The molecule has 2 aromatic rings. The van der Waals surface area contributed by atoms with E-state index in [0.717, 1.165) is 11.1 Å². The van der Waals surface area contributed by atoms with E-state index in [1.165, 1.54) is 12.3 Å². The average Bonchev–Trinajstić information content (AvgIpc) is 2.47. The lowest BCUT2D eigenvalue weighted by Crippen LogP contribution is -2.35. The molecule has 0 spiro atoms. The molecular formula is C17H20N2O3S. The van der Waals surface area contributed by atoms with Gasteiger partial charge in [0.2, 0.25) is 5.91 Å². The first-order valence-electron chi connectivity index (χ1n) is 7.24. The van der Waals surface area contributed by atoms with Gasteiger partial charge in [-0.2, -0.15) is 8.42 Å². The predicted octanol–water partition coefficient (Wildman–Crippen LogP) is 2.56. The molecule has 1 aromatic heterocycles. The van der Waals surface area contributed by atoms with Gasteiger partial charge in [0.05, 0.1) is 0 Å². The van der Waals surface area contributed by atoms with Crippen molar-refractivity contribution < 1.29 is 13.2 Å². The largest absolute Gasteiger partial charge is 0.281 e. The van der Waals surface area contributed by atoms with E-state index >= 15 is 0 Å². The number of hydrogen-bond donors (Lipinski definition) is 1. The van der Waals surface area contributed by atoms with Crippen molar-refractivity contribution in [2.75, 3.05) is 0 Å². The van der Waals surface area contributed by atoms with Gasteiger partial charge in [-0.15, -0.1) is 0 Å². The van der Waals surface area contributed by atoms with Gasteiger partial charge in [-0.1, -0.05) is 44.2 Å². The number of nitrogens with zero attached hydrogens (tertiary/aromatic N) is 1. The predicted molar refractivity (Wildman–Crippen MR) is 88.4 cm³/mol. The fraction of sp³-hybridized carbons (Fsp3) is 0.294. The van der Waals surface area contributed by atoms with Crippen LogP contribution in [-0.4, -0.2) is 19.3 Å². The van der Waals surface area contributed by atoms with Gasteiger partial charge in [-0.05, 0) is 35.6 Å². The van der Waals surface area contributed by atoms with Crippen molar-refractivity contribution in [1.82, 2.24) is 9.71 Å². The van der Waals surface area contributed by atoms with E-state index in [2.05, 4.69) is 9.71 Å². The van der Waals surface area contributed by atoms with Crippen LogP contribution in [-0.2, 0) is 20.2 Å². The number of amides is 1. The summed E-state index contributed by atoms with van der Waals surface area (Å²) in [6.45, 7) is 5.57. The third-order valence-corrected chi connectivity index (χ3v) is 4.84. The number of sulfonamides is 1. The molecule has 0 aliphatic carbocycles. The minimum Gasteiger partial charge on any atom is -0.274 e. The smallest absolute Gasteiger partial charge is 0.274 e. The minimum atomic E-state index is -3.95. The van der Waals surface area contributed by atoms with Crippen molar-refractivity contribution in [2.24, 2.45) is 0 Å². The van der Waals surface area contributed by atoms with Crippen LogP contribution in [0.25, 0.3) is 0 Å². The van der Waals surface area contributed by atoms with Crippen LogP contribution in [0, 0.1) is 6.92 Å². The summed E-state index contributed by atoms with van der Waals surface area (Å²) in [5, 5.41) is -0.150. The molecule has 5 nitrogen and oxygen atoms in total. The average molecular weight is 332 g/mol. The van der Waals surface area contributed by atoms with Gasteiger partial charge in [0.15, 0.2) is 5.03 Å². The summed E-state index contributed by atoms with van der Waals surface area (Å²) in [6.07, 6.45) is 1.46. The molecule has 0 saturated heterocycles. The molecule has 0 unspecified atom stereocenters. The van der Waals surface area contributed by atoms with Crippen molar-refractivity contribution in [3.8, 4) is 0 Å². The van der Waals surface area contributed by atoms with E-state index in [9.17, 15) is 13.2 Å².